The van der Waals surface area contributed by atoms with E-state index in [-0.39, 0.29) is 0 Å². The first kappa shape index (κ1) is 13.8. The SMILES string of the molecule is CC(C)(C(=O)O)c1csc(-c2cc(Br)c(Br)o2)n1. The van der Waals surface area contributed by atoms with Crippen LogP contribution < -0.4 is 0 Å². The van der Waals surface area contributed by atoms with Gasteiger partial charge in [0.2, 0.25) is 0 Å². The molecule has 7 heteroatoms. The van der Waals surface area contributed by atoms with Gasteiger partial charge in [0.05, 0.1) is 10.2 Å². The summed E-state index contributed by atoms with van der Waals surface area (Å²) >= 11 is 7.94. The quantitative estimate of drug-likeness (QED) is 0.843. The van der Waals surface area contributed by atoms with Crippen molar-refractivity contribution in [3.8, 4) is 10.8 Å². The number of carboxylic acids is 1. The van der Waals surface area contributed by atoms with E-state index in [1.165, 1.54) is 11.3 Å². The molecule has 0 atom stereocenters. The second kappa shape index (κ2) is 4.79. The van der Waals surface area contributed by atoms with Crippen molar-refractivity contribution in [1.82, 2.24) is 4.98 Å². The van der Waals surface area contributed by atoms with Crippen molar-refractivity contribution in [2.24, 2.45) is 0 Å². The van der Waals surface area contributed by atoms with Crippen molar-refractivity contribution in [2.75, 3.05) is 0 Å². The average molecular weight is 395 g/mol. The third-order valence-electron chi connectivity index (χ3n) is 2.54. The molecule has 0 aliphatic carbocycles. The molecule has 96 valence electrons. The summed E-state index contributed by atoms with van der Waals surface area (Å²) in [5, 5.41) is 11.6. The van der Waals surface area contributed by atoms with Crippen molar-refractivity contribution in [3.05, 3.63) is 26.3 Å². The number of halogens is 2. The molecule has 0 amide bonds. The van der Waals surface area contributed by atoms with E-state index in [4.69, 9.17) is 9.52 Å². The summed E-state index contributed by atoms with van der Waals surface area (Å²) in [5.74, 6) is -0.299. The molecule has 0 saturated carbocycles. The Kier molecular flexibility index (Phi) is 3.66. The Hall–Kier alpha value is -0.660. The Bertz CT molecular complexity index is 584. The molecule has 2 rings (SSSR count). The van der Waals surface area contributed by atoms with Gasteiger partial charge in [-0.25, -0.2) is 4.98 Å². The number of carboxylic acid groups (broad SMARTS) is 1. The van der Waals surface area contributed by atoms with Crippen LogP contribution in [0.1, 0.15) is 19.5 Å². The van der Waals surface area contributed by atoms with Crippen LogP contribution in [-0.4, -0.2) is 16.1 Å². The third kappa shape index (κ3) is 2.39. The van der Waals surface area contributed by atoms with E-state index >= 15 is 0 Å². The van der Waals surface area contributed by atoms with Gasteiger partial charge >= 0.3 is 5.97 Å². The highest BCUT2D eigenvalue weighted by Crippen LogP contribution is 2.36. The Morgan fingerprint density at radius 3 is 2.67 bits per heavy atom. The van der Waals surface area contributed by atoms with E-state index < -0.39 is 11.4 Å². The molecule has 0 radical (unpaired) electrons. The van der Waals surface area contributed by atoms with Gasteiger partial charge in [0, 0.05) is 11.4 Å². The second-order valence-corrected chi connectivity index (χ2v) is 6.63. The number of carbonyl (C=O) groups is 1. The highest BCUT2D eigenvalue weighted by Gasteiger charge is 2.32. The lowest BCUT2D eigenvalue weighted by molar-refractivity contribution is -0.142. The Labute approximate surface area is 124 Å². The fourth-order valence-electron chi connectivity index (χ4n) is 1.24. The van der Waals surface area contributed by atoms with E-state index in [1.807, 2.05) is 0 Å². The Balaban J connectivity index is 2.39. The van der Waals surface area contributed by atoms with Crippen LogP contribution in [0.3, 0.4) is 0 Å². The van der Waals surface area contributed by atoms with Gasteiger partial charge in [-0.1, -0.05) is 0 Å². The summed E-state index contributed by atoms with van der Waals surface area (Å²) in [4.78, 5) is 15.5. The molecule has 18 heavy (non-hydrogen) atoms. The van der Waals surface area contributed by atoms with Gasteiger partial charge in [-0.15, -0.1) is 11.3 Å². The van der Waals surface area contributed by atoms with Crippen molar-refractivity contribution in [1.29, 1.82) is 0 Å². The molecule has 0 unspecified atom stereocenters. The lowest BCUT2D eigenvalue weighted by Crippen LogP contribution is -2.28. The van der Waals surface area contributed by atoms with E-state index in [0.717, 1.165) is 4.47 Å². The van der Waals surface area contributed by atoms with Crippen molar-refractivity contribution >= 4 is 49.2 Å². The normalized spacial score (nSPS) is 11.8. The van der Waals surface area contributed by atoms with Crippen LogP contribution in [0.25, 0.3) is 10.8 Å². The molecule has 0 spiro atoms. The number of hydrogen-bond acceptors (Lipinski definition) is 4. The molecule has 1 N–H and O–H groups in total. The number of furan rings is 1. The van der Waals surface area contributed by atoms with Crippen molar-refractivity contribution in [3.63, 3.8) is 0 Å². The fraction of sp³-hybridized carbons (Fsp3) is 0.273. The minimum absolute atomic E-state index is 0.527. The molecule has 0 fully saturated rings. The lowest BCUT2D eigenvalue weighted by Gasteiger charge is -2.15. The standard InChI is InChI=1S/C11H9Br2NO3S/c1-11(2,10(15)16)7-4-18-9(14-7)6-3-5(12)8(13)17-6/h3-4H,1-2H3,(H,15,16). The van der Waals surface area contributed by atoms with Gasteiger partial charge in [-0.2, -0.15) is 0 Å². The Morgan fingerprint density at radius 1 is 1.50 bits per heavy atom. The maximum atomic E-state index is 11.2. The molecule has 0 aliphatic rings. The first-order valence-electron chi connectivity index (χ1n) is 4.97. The van der Waals surface area contributed by atoms with E-state index in [0.29, 0.717) is 21.1 Å². The van der Waals surface area contributed by atoms with Gasteiger partial charge in [0.1, 0.15) is 5.41 Å². The molecular weight excluding hydrogens is 386 g/mol. The van der Waals surface area contributed by atoms with Crippen LogP contribution in [0.5, 0.6) is 0 Å². The van der Waals surface area contributed by atoms with Crippen LogP contribution >= 0.6 is 43.2 Å². The molecule has 0 bridgehead atoms. The number of aromatic nitrogens is 1. The first-order chi connectivity index (χ1) is 8.32. The Morgan fingerprint density at radius 2 is 2.17 bits per heavy atom. The van der Waals surface area contributed by atoms with Crippen LogP contribution in [0.15, 0.2) is 25.0 Å². The zero-order chi connectivity index (χ0) is 13.5. The number of hydrogen-bond donors (Lipinski definition) is 1. The summed E-state index contributed by atoms with van der Waals surface area (Å²) < 4.78 is 6.84. The average Bonchev–Trinajstić information content (AvgIpc) is 2.86. The van der Waals surface area contributed by atoms with E-state index in [9.17, 15) is 4.79 Å². The summed E-state index contributed by atoms with van der Waals surface area (Å²) in [6.07, 6.45) is 0. The fourth-order valence-corrected chi connectivity index (χ4v) is 2.75. The van der Waals surface area contributed by atoms with Crippen LogP contribution in [-0.2, 0) is 10.2 Å². The van der Waals surface area contributed by atoms with Crippen molar-refractivity contribution in [2.45, 2.75) is 19.3 Å². The number of thiazole rings is 1. The smallest absolute Gasteiger partial charge is 0.315 e. The summed E-state index contributed by atoms with van der Waals surface area (Å²) in [7, 11) is 0. The van der Waals surface area contributed by atoms with Gasteiger partial charge in [-0.3, -0.25) is 4.79 Å². The maximum absolute atomic E-state index is 11.2. The lowest BCUT2D eigenvalue weighted by atomic mass is 9.90. The summed E-state index contributed by atoms with van der Waals surface area (Å²) in [6.45, 7) is 3.25. The number of aliphatic carboxylic acids is 1. The third-order valence-corrected chi connectivity index (χ3v) is 5.10. The highest BCUT2D eigenvalue weighted by molar-refractivity contribution is 9.13. The monoisotopic (exact) mass is 393 g/mol. The predicted molar refractivity (Wildman–Crippen MR) is 75.9 cm³/mol. The van der Waals surface area contributed by atoms with Crippen LogP contribution in [0, 0.1) is 0 Å². The van der Waals surface area contributed by atoms with E-state index in [1.54, 1.807) is 25.3 Å². The van der Waals surface area contributed by atoms with Crippen molar-refractivity contribution < 1.29 is 14.3 Å². The zero-order valence-corrected chi connectivity index (χ0v) is 13.5. The minimum Gasteiger partial charge on any atom is -0.481 e. The summed E-state index contributed by atoms with van der Waals surface area (Å²) in [6, 6.07) is 1.79. The van der Waals surface area contributed by atoms with Gasteiger partial charge in [0.25, 0.3) is 0 Å². The first-order valence-corrected chi connectivity index (χ1v) is 7.43. The predicted octanol–water partition coefficient (Wildman–Crippen LogP) is 4.29. The molecule has 2 heterocycles. The van der Waals surface area contributed by atoms with Gasteiger partial charge in [-0.05, 0) is 45.7 Å². The van der Waals surface area contributed by atoms with Gasteiger partial charge in [0.15, 0.2) is 15.4 Å². The summed E-state index contributed by atoms with van der Waals surface area (Å²) in [5.41, 5.74) is -0.478. The van der Waals surface area contributed by atoms with Gasteiger partial charge < -0.3 is 9.52 Å². The number of nitrogens with zero attached hydrogens (tertiary/aromatic N) is 1. The zero-order valence-electron chi connectivity index (χ0n) is 9.53. The molecular formula is C11H9Br2NO3S. The van der Waals surface area contributed by atoms with Crippen LogP contribution in [0.4, 0.5) is 0 Å². The topological polar surface area (TPSA) is 63.3 Å². The second-order valence-electron chi connectivity index (χ2n) is 4.20. The maximum Gasteiger partial charge on any atom is 0.315 e. The van der Waals surface area contributed by atoms with E-state index in [2.05, 4.69) is 36.8 Å². The minimum atomic E-state index is -1.00. The molecule has 0 saturated heterocycles. The number of rotatable bonds is 3. The molecule has 2 aromatic heterocycles. The molecule has 2 aromatic rings. The largest absolute Gasteiger partial charge is 0.481 e. The highest BCUT2D eigenvalue weighted by atomic mass is 79.9. The molecule has 0 aromatic carbocycles. The molecule has 4 nitrogen and oxygen atoms in total. The molecule has 0 aliphatic heterocycles. The van der Waals surface area contributed by atoms with Crippen LogP contribution in [0.2, 0.25) is 0 Å².